The predicted octanol–water partition coefficient (Wildman–Crippen LogP) is 2.18. The van der Waals surface area contributed by atoms with E-state index < -0.39 is 0 Å². The standard InChI is InChI=1S/C14H21N3S2/c1-3-16-7-9-17(10-8-16)11-5-4-6-12(19-2)13(11)14(15)18/h4-6H,3,7-10H2,1-2H3,(H2,15,18). The molecule has 1 aliphatic heterocycles. The maximum absolute atomic E-state index is 5.93. The van der Waals surface area contributed by atoms with Gasteiger partial charge in [0, 0.05) is 42.3 Å². The molecular weight excluding hydrogens is 274 g/mol. The van der Waals surface area contributed by atoms with E-state index in [-0.39, 0.29) is 0 Å². The third kappa shape index (κ3) is 3.22. The number of likely N-dealkylation sites (N-methyl/N-ethyl adjacent to an activating group) is 1. The van der Waals surface area contributed by atoms with E-state index in [0.717, 1.165) is 38.3 Å². The van der Waals surface area contributed by atoms with Gasteiger partial charge in [0.25, 0.3) is 0 Å². The Morgan fingerprint density at radius 1 is 1.32 bits per heavy atom. The van der Waals surface area contributed by atoms with E-state index in [0.29, 0.717) is 4.99 Å². The van der Waals surface area contributed by atoms with E-state index in [2.05, 4.69) is 41.2 Å². The van der Waals surface area contributed by atoms with Crippen molar-refractivity contribution in [3.63, 3.8) is 0 Å². The maximum Gasteiger partial charge on any atom is 0.107 e. The van der Waals surface area contributed by atoms with Gasteiger partial charge in [-0.2, -0.15) is 0 Å². The second-order valence-electron chi connectivity index (χ2n) is 4.64. The second kappa shape index (κ2) is 6.59. The number of anilines is 1. The van der Waals surface area contributed by atoms with Crippen molar-refractivity contribution in [1.29, 1.82) is 0 Å². The summed E-state index contributed by atoms with van der Waals surface area (Å²) in [6.45, 7) is 7.64. The number of thiocarbonyl (C=S) groups is 1. The van der Waals surface area contributed by atoms with Crippen molar-refractivity contribution >= 4 is 34.7 Å². The van der Waals surface area contributed by atoms with E-state index in [9.17, 15) is 0 Å². The summed E-state index contributed by atoms with van der Waals surface area (Å²) in [4.78, 5) is 6.54. The van der Waals surface area contributed by atoms with Gasteiger partial charge in [-0.1, -0.05) is 25.2 Å². The lowest BCUT2D eigenvalue weighted by molar-refractivity contribution is 0.271. The molecule has 1 aromatic carbocycles. The molecule has 1 fully saturated rings. The van der Waals surface area contributed by atoms with Crippen LogP contribution in [0.15, 0.2) is 23.1 Å². The van der Waals surface area contributed by atoms with Crippen molar-refractivity contribution in [1.82, 2.24) is 4.90 Å². The number of rotatable bonds is 4. The van der Waals surface area contributed by atoms with Crippen molar-refractivity contribution in [3.05, 3.63) is 23.8 Å². The molecule has 1 aromatic rings. The van der Waals surface area contributed by atoms with Crippen LogP contribution in [0.4, 0.5) is 5.69 Å². The third-order valence-corrected chi connectivity index (χ3v) is 4.61. The minimum Gasteiger partial charge on any atom is -0.389 e. The van der Waals surface area contributed by atoms with E-state index in [1.807, 2.05) is 0 Å². The Bertz CT molecular complexity index is 454. The van der Waals surface area contributed by atoms with Gasteiger partial charge in [0.15, 0.2) is 0 Å². The zero-order valence-corrected chi connectivity index (χ0v) is 13.2. The van der Waals surface area contributed by atoms with E-state index in [1.165, 1.54) is 10.6 Å². The van der Waals surface area contributed by atoms with Gasteiger partial charge >= 0.3 is 0 Å². The summed E-state index contributed by atoms with van der Waals surface area (Å²) in [5, 5.41) is 0. The zero-order chi connectivity index (χ0) is 13.8. The molecule has 2 N–H and O–H groups in total. The molecular formula is C14H21N3S2. The maximum atomic E-state index is 5.93. The van der Waals surface area contributed by atoms with Gasteiger partial charge in [-0.3, -0.25) is 0 Å². The lowest BCUT2D eigenvalue weighted by Gasteiger charge is -2.36. The number of nitrogens with two attached hydrogens (primary N) is 1. The Balaban J connectivity index is 2.27. The molecule has 0 atom stereocenters. The number of hydrogen-bond acceptors (Lipinski definition) is 4. The summed E-state index contributed by atoms with van der Waals surface area (Å²) in [7, 11) is 0. The van der Waals surface area contributed by atoms with Crippen LogP contribution < -0.4 is 10.6 Å². The van der Waals surface area contributed by atoms with Crippen LogP contribution in [0.2, 0.25) is 0 Å². The zero-order valence-electron chi connectivity index (χ0n) is 11.6. The van der Waals surface area contributed by atoms with Gasteiger partial charge in [-0.05, 0) is 24.9 Å². The van der Waals surface area contributed by atoms with Crippen LogP contribution in [0.25, 0.3) is 0 Å². The van der Waals surface area contributed by atoms with Crippen LogP contribution in [0, 0.1) is 0 Å². The van der Waals surface area contributed by atoms with Gasteiger partial charge in [0.05, 0.1) is 0 Å². The van der Waals surface area contributed by atoms with Crippen molar-refractivity contribution in [2.75, 3.05) is 43.9 Å². The lowest BCUT2D eigenvalue weighted by atomic mass is 10.1. The molecule has 0 unspecified atom stereocenters. The molecule has 0 bridgehead atoms. The lowest BCUT2D eigenvalue weighted by Crippen LogP contribution is -2.46. The average Bonchev–Trinajstić information content (AvgIpc) is 2.46. The van der Waals surface area contributed by atoms with Gasteiger partial charge in [0.1, 0.15) is 4.99 Å². The molecule has 0 aliphatic carbocycles. The van der Waals surface area contributed by atoms with E-state index >= 15 is 0 Å². The summed E-state index contributed by atoms with van der Waals surface area (Å²) in [6, 6.07) is 6.32. The predicted molar refractivity (Wildman–Crippen MR) is 88.4 cm³/mol. The fourth-order valence-corrected chi connectivity index (χ4v) is 3.42. The van der Waals surface area contributed by atoms with Crippen molar-refractivity contribution < 1.29 is 0 Å². The number of thioether (sulfide) groups is 1. The number of piperazine rings is 1. The molecule has 5 heteroatoms. The molecule has 1 aliphatic rings. The largest absolute Gasteiger partial charge is 0.389 e. The van der Waals surface area contributed by atoms with Crippen molar-refractivity contribution in [2.45, 2.75) is 11.8 Å². The number of hydrogen-bond donors (Lipinski definition) is 1. The van der Waals surface area contributed by atoms with Crippen LogP contribution in [0.5, 0.6) is 0 Å². The second-order valence-corrected chi connectivity index (χ2v) is 5.93. The average molecular weight is 295 g/mol. The number of benzene rings is 1. The highest BCUT2D eigenvalue weighted by atomic mass is 32.2. The molecule has 0 amide bonds. The van der Waals surface area contributed by atoms with Crippen LogP contribution >= 0.6 is 24.0 Å². The van der Waals surface area contributed by atoms with Gasteiger partial charge < -0.3 is 15.5 Å². The fourth-order valence-electron chi connectivity index (χ4n) is 2.51. The highest BCUT2D eigenvalue weighted by Gasteiger charge is 2.20. The van der Waals surface area contributed by atoms with Gasteiger partial charge in [-0.25, -0.2) is 0 Å². The van der Waals surface area contributed by atoms with Gasteiger partial charge in [0.2, 0.25) is 0 Å². The Hall–Kier alpha value is -0.780. The Morgan fingerprint density at radius 2 is 2.00 bits per heavy atom. The first-order valence-corrected chi connectivity index (χ1v) is 8.24. The van der Waals surface area contributed by atoms with E-state index in [1.54, 1.807) is 11.8 Å². The minimum atomic E-state index is 0.498. The van der Waals surface area contributed by atoms with Gasteiger partial charge in [-0.15, -0.1) is 11.8 Å². The molecule has 0 saturated carbocycles. The first-order chi connectivity index (χ1) is 9.17. The van der Waals surface area contributed by atoms with Crippen LogP contribution in [-0.2, 0) is 0 Å². The molecule has 19 heavy (non-hydrogen) atoms. The summed E-state index contributed by atoms with van der Waals surface area (Å²) >= 11 is 6.95. The molecule has 1 saturated heterocycles. The SMILES string of the molecule is CCN1CCN(c2cccc(SC)c2C(N)=S)CC1. The highest BCUT2D eigenvalue weighted by Crippen LogP contribution is 2.30. The first-order valence-electron chi connectivity index (χ1n) is 6.61. The third-order valence-electron chi connectivity index (χ3n) is 3.63. The summed E-state index contributed by atoms with van der Waals surface area (Å²) < 4.78 is 0. The van der Waals surface area contributed by atoms with Crippen molar-refractivity contribution in [3.8, 4) is 0 Å². The van der Waals surface area contributed by atoms with Crippen molar-refractivity contribution in [2.24, 2.45) is 5.73 Å². The summed E-state index contributed by atoms with van der Waals surface area (Å²) in [5.74, 6) is 0. The fraction of sp³-hybridized carbons (Fsp3) is 0.500. The summed E-state index contributed by atoms with van der Waals surface area (Å²) in [5.41, 5.74) is 8.16. The van der Waals surface area contributed by atoms with E-state index in [4.69, 9.17) is 18.0 Å². The first kappa shape index (κ1) is 14.6. The normalized spacial score (nSPS) is 16.6. The minimum absolute atomic E-state index is 0.498. The van der Waals surface area contributed by atoms with Crippen LogP contribution in [0.3, 0.4) is 0 Å². The molecule has 2 rings (SSSR count). The molecule has 3 nitrogen and oxygen atoms in total. The Kier molecular flexibility index (Phi) is 5.07. The summed E-state index contributed by atoms with van der Waals surface area (Å²) in [6.07, 6.45) is 2.07. The smallest absolute Gasteiger partial charge is 0.107 e. The molecule has 1 heterocycles. The molecule has 0 radical (unpaired) electrons. The monoisotopic (exact) mass is 295 g/mol. The topological polar surface area (TPSA) is 32.5 Å². The molecule has 104 valence electrons. The number of nitrogens with zero attached hydrogens (tertiary/aromatic N) is 2. The Morgan fingerprint density at radius 3 is 2.53 bits per heavy atom. The molecule has 0 spiro atoms. The Labute approximate surface area is 125 Å². The highest BCUT2D eigenvalue weighted by molar-refractivity contribution is 7.98. The quantitative estimate of drug-likeness (QED) is 0.680. The van der Waals surface area contributed by atoms with Crippen LogP contribution in [0.1, 0.15) is 12.5 Å². The van der Waals surface area contributed by atoms with Crippen LogP contribution in [-0.4, -0.2) is 48.9 Å². The molecule has 0 aromatic heterocycles.